The van der Waals surface area contributed by atoms with Crippen molar-refractivity contribution in [2.75, 3.05) is 5.88 Å². The number of benzene rings is 1. The molecule has 0 fully saturated rings. The average Bonchev–Trinajstić information content (AvgIpc) is 2.37. The number of aliphatic hydroxyl groups excluding tert-OH is 1. The first-order valence-electron chi connectivity index (χ1n) is 6.63. The number of hydrogen-bond donors (Lipinski definition) is 1. The molecule has 2 rings (SSSR count). The summed E-state index contributed by atoms with van der Waals surface area (Å²) in [6, 6.07) is 8.69. The van der Waals surface area contributed by atoms with E-state index < -0.39 is 0 Å². The van der Waals surface area contributed by atoms with Gasteiger partial charge in [0.05, 0.1) is 6.10 Å². The molecule has 17 heavy (non-hydrogen) atoms. The molecule has 94 valence electrons. The summed E-state index contributed by atoms with van der Waals surface area (Å²) in [4.78, 5) is 0. The Morgan fingerprint density at radius 1 is 1.35 bits per heavy atom. The van der Waals surface area contributed by atoms with Gasteiger partial charge in [-0.2, -0.15) is 0 Å². The molecule has 0 bridgehead atoms. The molecule has 1 aromatic carbocycles. The summed E-state index contributed by atoms with van der Waals surface area (Å²) in [5.41, 5.74) is 2.94. The van der Waals surface area contributed by atoms with Crippen molar-refractivity contribution in [2.24, 2.45) is 0 Å². The van der Waals surface area contributed by atoms with Gasteiger partial charge in [0.2, 0.25) is 0 Å². The highest BCUT2D eigenvalue weighted by molar-refractivity contribution is 6.17. The number of aryl methyl sites for hydroxylation is 1. The number of fused-ring (bicyclic) bond motifs is 1. The van der Waals surface area contributed by atoms with Crippen LogP contribution < -0.4 is 0 Å². The second-order valence-electron chi connectivity index (χ2n) is 5.01. The van der Waals surface area contributed by atoms with Gasteiger partial charge < -0.3 is 5.11 Å². The SMILES string of the molecule is OC(CCCCl)CC1CCCc2ccccc21. The number of hydrogen-bond acceptors (Lipinski definition) is 1. The fourth-order valence-corrected chi connectivity index (χ4v) is 3.01. The van der Waals surface area contributed by atoms with Crippen LogP contribution in [0.3, 0.4) is 0 Å². The first kappa shape index (κ1) is 12.9. The van der Waals surface area contributed by atoms with Crippen LogP contribution in [-0.2, 0) is 6.42 Å². The Bertz CT molecular complexity index is 351. The van der Waals surface area contributed by atoms with Crippen molar-refractivity contribution in [3.05, 3.63) is 35.4 Å². The molecule has 1 aliphatic rings. The Hall–Kier alpha value is -0.530. The third kappa shape index (κ3) is 3.46. The van der Waals surface area contributed by atoms with E-state index in [1.54, 1.807) is 0 Å². The molecule has 0 spiro atoms. The molecule has 0 saturated carbocycles. The monoisotopic (exact) mass is 252 g/mol. The van der Waals surface area contributed by atoms with Gasteiger partial charge in [0.1, 0.15) is 0 Å². The normalized spacial score (nSPS) is 20.9. The van der Waals surface area contributed by atoms with Crippen LogP contribution >= 0.6 is 11.6 Å². The van der Waals surface area contributed by atoms with Crippen molar-refractivity contribution in [2.45, 2.75) is 50.5 Å². The van der Waals surface area contributed by atoms with E-state index in [4.69, 9.17) is 11.6 Å². The van der Waals surface area contributed by atoms with E-state index in [1.807, 2.05) is 0 Å². The van der Waals surface area contributed by atoms with Gasteiger partial charge in [0, 0.05) is 5.88 Å². The molecule has 0 radical (unpaired) electrons. The van der Waals surface area contributed by atoms with E-state index in [0.717, 1.165) is 19.3 Å². The lowest BCUT2D eigenvalue weighted by molar-refractivity contribution is 0.141. The van der Waals surface area contributed by atoms with Crippen molar-refractivity contribution in [1.82, 2.24) is 0 Å². The molecule has 1 aromatic rings. The van der Waals surface area contributed by atoms with Crippen LogP contribution in [0.2, 0.25) is 0 Å². The molecule has 0 aliphatic heterocycles. The van der Waals surface area contributed by atoms with Gasteiger partial charge in [-0.3, -0.25) is 0 Å². The minimum atomic E-state index is -0.190. The van der Waals surface area contributed by atoms with Crippen molar-refractivity contribution in [3.8, 4) is 0 Å². The molecule has 2 unspecified atom stereocenters. The molecule has 1 nitrogen and oxygen atoms in total. The van der Waals surface area contributed by atoms with Crippen LogP contribution in [0.4, 0.5) is 0 Å². The Kier molecular flexibility index (Phi) is 4.87. The van der Waals surface area contributed by atoms with E-state index in [0.29, 0.717) is 11.8 Å². The highest BCUT2D eigenvalue weighted by atomic mass is 35.5. The van der Waals surface area contributed by atoms with E-state index in [1.165, 1.54) is 30.4 Å². The maximum absolute atomic E-state index is 10.00. The average molecular weight is 253 g/mol. The van der Waals surface area contributed by atoms with E-state index in [-0.39, 0.29) is 6.10 Å². The standard InChI is InChI=1S/C15H21ClO/c16-10-4-8-14(17)11-13-7-3-6-12-5-1-2-9-15(12)13/h1-2,5,9,13-14,17H,3-4,6-8,10-11H2. The lowest BCUT2D eigenvalue weighted by atomic mass is 9.79. The number of halogens is 1. The Morgan fingerprint density at radius 3 is 3.00 bits per heavy atom. The summed E-state index contributed by atoms with van der Waals surface area (Å²) in [5.74, 6) is 1.20. The minimum Gasteiger partial charge on any atom is -0.393 e. The lowest BCUT2D eigenvalue weighted by Crippen LogP contribution is -2.17. The first-order chi connectivity index (χ1) is 8.31. The van der Waals surface area contributed by atoms with Crippen LogP contribution in [0, 0.1) is 0 Å². The Balaban J connectivity index is 1.98. The van der Waals surface area contributed by atoms with E-state index in [9.17, 15) is 5.11 Å². The zero-order chi connectivity index (χ0) is 12.1. The van der Waals surface area contributed by atoms with Crippen LogP contribution in [0.5, 0.6) is 0 Å². The lowest BCUT2D eigenvalue weighted by Gasteiger charge is -2.27. The van der Waals surface area contributed by atoms with Gasteiger partial charge in [0.25, 0.3) is 0 Å². The fourth-order valence-electron chi connectivity index (χ4n) is 2.86. The molecule has 1 N–H and O–H groups in total. The van der Waals surface area contributed by atoms with Crippen LogP contribution in [0.25, 0.3) is 0 Å². The predicted octanol–water partition coefficient (Wildman–Crippen LogP) is 3.88. The number of rotatable bonds is 5. The zero-order valence-corrected chi connectivity index (χ0v) is 11.0. The molecular weight excluding hydrogens is 232 g/mol. The summed E-state index contributed by atoms with van der Waals surface area (Å²) in [6.07, 6.45) is 6.13. The van der Waals surface area contributed by atoms with Gasteiger partial charge in [-0.25, -0.2) is 0 Å². The highest BCUT2D eigenvalue weighted by Crippen LogP contribution is 2.35. The maximum atomic E-state index is 10.00. The smallest absolute Gasteiger partial charge is 0.0546 e. The number of aliphatic hydroxyl groups is 1. The second kappa shape index (κ2) is 6.42. The summed E-state index contributed by atoms with van der Waals surface area (Å²) in [5, 5.41) is 10.00. The molecule has 2 atom stereocenters. The van der Waals surface area contributed by atoms with E-state index in [2.05, 4.69) is 24.3 Å². The van der Waals surface area contributed by atoms with Crippen LogP contribution in [0.1, 0.15) is 49.1 Å². The van der Waals surface area contributed by atoms with Gasteiger partial charge in [-0.1, -0.05) is 24.3 Å². The van der Waals surface area contributed by atoms with E-state index >= 15 is 0 Å². The quantitative estimate of drug-likeness (QED) is 0.789. The van der Waals surface area contributed by atoms with Gasteiger partial charge >= 0.3 is 0 Å². The highest BCUT2D eigenvalue weighted by Gasteiger charge is 2.21. The summed E-state index contributed by atoms with van der Waals surface area (Å²) >= 11 is 5.66. The topological polar surface area (TPSA) is 20.2 Å². The molecule has 1 aliphatic carbocycles. The van der Waals surface area contributed by atoms with Crippen LogP contribution in [0.15, 0.2) is 24.3 Å². The van der Waals surface area contributed by atoms with Gasteiger partial charge in [-0.05, 0) is 55.6 Å². The molecular formula is C15H21ClO. The van der Waals surface area contributed by atoms with Gasteiger partial charge in [-0.15, -0.1) is 11.6 Å². The minimum absolute atomic E-state index is 0.190. The van der Waals surface area contributed by atoms with Crippen LogP contribution in [-0.4, -0.2) is 17.1 Å². The third-order valence-corrected chi connectivity index (χ3v) is 3.99. The largest absolute Gasteiger partial charge is 0.393 e. The Morgan fingerprint density at radius 2 is 2.18 bits per heavy atom. The fraction of sp³-hybridized carbons (Fsp3) is 0.600. The summed E-state index contributed by atoms with van der Waals surface area (Å²) in [6.45, 7) is 0. The van der Waals surface area contributed by atoms with Gasteiger partial charge in [0.15, 0.2) is 0 Å². The second-order valence-corrected chi connectivity index (χ2v) is 5.39. The zero-order valence-electron chi connectivity index (χ0n) is 10.2. The maximum Gasteiger partial charge on any atom is 0.0546 e. The summed E-state index contributed by atoms with van der Waals surface area (Å²) in [7, 11) is 0. The third-order valence-electron chi connectivity index (χ3n) is 3.72. The first-order valence-corrected chi connectivity index (χ1v) is 7.16. The molecule has 0 saturated heterocycles. The van der Waals surface area contributed by atoms with Crippen molar-refractivity contribution >= 4 is 11.6 Å². The molecule has 0 amide bonds. The number of alkyl halides is 1. The van der Waals surface area contributed by atoms with Crippen molar-refractivity contribution < 1.29 is 5.11 Å². The van der Waals surface area contributed by atoms with Crippen molar-refractivity contribution in [3.63, 3.8) is 0 Å². The molecule has 2 heteroatoms. The molecule has 0 aromatic heterocycles. The Labute approximate surface area is 109 Å². The summed E-state index contributed by atoms with van der Waals surface area (Å²) < 4.78 is 0. The molecule has 0 heterocycles. The predicted molar refractivity (Wildman–Crippen MR) is 72.7 cm³/mol. The van der Waals surface area contributed by atoms with Crippen molar-refractivity contribution in [1.29, 1.82) is 0 Å².